The third kappa shape index (κ3) is 5.87. The predicted octanol–water partition coefficient (Wildman–Crippen LogP) is 4.96. The van der Waals surface area contributed by atoms with Gasteiger partial charge in [-0.2, -0.15) is 0 Å². The summed E-state index contributed by atoms with van der Waals surface area (Å²) >= 11 is 8.72. The number of carbonyl (C=O) groups is 3. The Kier molecular flexibility index (Phi) is 8.00. The number of hydrogen-bond donors (Lipinski definition) is 2. The van der Waals surface area contributed by atoms with Crippen molar-refractivity contribution in [1.29, 1.82) is 0 Å². The molecular formula is C27H21BrN2O6S. The summed E-state index contributed by atoms with van der Waals surface area (Å²) in [7, 11) is 0. The first-order valence-corrected chi connectivity index (χ1v) is 12.4. The highest BCUT2D eigenvalue weighted by atomic mass is 79.9. The van der Waals surface area contributed by atoms with Crippen LogP contribution in [-0.2, 0) is 16.2 Å². The monoisotopic (exact) mass is 580 g/mol. The van der Waals surface area contributed by atoms with E-state index in [-0.39, 0.29) is 21.9 Å². The lowest BCUT2D eigenvalue weighted by atomic mass is 10.1. The lowest BCUT2D eigenvalue weighted by Gasteiger charge is -2.29. The summed E-state index contributed by atoms with van der Waals surface area (Å²) in [6, 6.07) is 18.8. The highest BCUT2D eigenvalue weighted by Gasteiger charge is 2.35. The fourth-order valence-electron chi connectivity index (χ4n) is 3.64. The molecule has 37 heavy (non-hydrogen) atoms. The summed E-state index contributed by atoms with van der Waals surface area (Å²) in [5.74, 6) is -1.58. The third-order valence-corrected chi connectivity index (χ3v) is 6.20. The van der Waals surface area contributed by atoms with Crippen molar-refractivity contribution in [3.8, 4) is 11.5 Å². The fraction of sp³-hybridized carbons (Fsp3) is 0.111. The van der Waals surface area contributed by atoms with Crippen molar-refractivity contribution in [2.24, 2.45) is 0 Å². The molecule has 0 radical (unpaired) electrons. The number of carboxylic acid groups (broad SMARTS) is 1. The average molecular weight is 581 g/mol. The molecule has 8 nitrogen and oxygen atoms in total. The molecule has 1 aliphatic rings. The number of anilines is 1. The number of carbonyl (C=O) groups excluding carboxylic acids is 2. The van der Waals surface area contributed by atoms with Gasteiger partial charge in [0.1, 0.15) is 12.2 Å². The summed E-state index contributed by atoms with van der Waals surface area (Å²) in [5, 5.41) is 11.7. The molecule has 4 rings (SSSR count). The van der Waals surface area contributed by atoms with Crippen molar-refractivity contribution in [3.05, 3.63) is 93.5 Å². The molecule has 0 aromatic heterocycles. The van der Waals surface area contributed by atoms with Gasteiger partial charge in [-0.25, -0.2) is 4.79 Å². The Morgan fingerprint density at radius 3 is 2.54 bits per heavy atom. The van der Waals surface area contributed by atoms with E-state index in [9.17, 15) is 19.5 Å². The van der Waals surface area contributed by atoms with Crippen molar-refractivity contribution in [1.82, 2.24) is 5.32 Å². The predicted molar refractivity (Wildman–Crippen MR) is 146 cm³/mol. The van der Waals surface area contributed by atoms with Gasteiger partial charge in [-0.3, -0.25) is 19.8 Å². The van der Waals surface area contributed by atoms with Crippen molar-refractivity contribution >= 4 is 62.8 Å². The van der Waals surface area contributed by atoms with E-state index in [1.54, 1.807) is 12.1 Å². The standard InChI is InChI=1S/C27H21BrN2O6S/c1-2-35-22-13-17(12-21(28)23(22)36-15-16-7-4-3-5-8-16)11-20-24(31)29-27(37)30(25(20)32)19-10-6-9-18(14-19)26(33)34/h3-14H,2,15H2,1H3,(H,33,34)(H,29,31,37). The smallest absolute Gasteiger partial charge is 0.335 e. The van der Waals surface area contributed by atoms with E-state index in [1.165, 1.54) is 30.3 Å². The van der Waals surface area contributed by atoms with Crippen LogP contribution in [0.3, 0.4) is 0 Å². The van der Waals surface area contributed by atoms with Crippen LogP contribution in [0.15, 0.2) is 76.8 Å². The number of amides is 2. The maximum absolute atomic E-state index is 13.3. The van der Waals surface area contributed by atoms with Crippen LogP contribution in [-0.4, -0.2) is 34.6 Å². The van der Waals surface area contributed by atoms with E-state index < -0.39 is 17.8 Å². The summed E-state index contributed by atoms with van der Waals surface area (Å²) in [5.41, 5.74) is 1.51. The quantitative estimate of drug-likeness (QED) is 0.220. The molecule has 1 heterocycles. The van der Waals surface area contributed by atoms with Gasteiger partial charge < -0.3 is 14.6 Å². The maximum Gasteiger partial charge on any atom is 0.335 e. The molecule has 0 saturated carbocycles. The lowest BCUT2D eigenvalue weighted by Crippen LogP contribution is -2.54. The first-order valence-electron chi connectivity index (χ1n) is 11.2. The number of nitrogens with one attached hydrogen (secondary N) is 1. The minimum absolute atomic E-state index is 0.0214. The van der Waals surface area contributed by atoms with Gasteiger partial charge in [0.05, 0.1) is 22.3 Å². The average Bonchev–Trinajstić information content (AvgIpc) is 2.87. The summed E-state index contributed by atoms with van der Waals surface area (Å²) in [6.07, 6.45) is 1.42. The number of hydrogen-bond acceptors (Lipinski definition) is 6. The van der Waals surface area contributed by atoms with E-state index in [0.29, 0.717) is 34.7 Å². The molecule has 2 N–H and O–H groups in total. The van der Waals surface area contributed by atoms with Gasteiger partial charge >= 0.3 is 5.97 Å². The number of carboxylic acids is 1. The molecule has 2 amide bonds. The first-order chi connectivity index (χ1) is 17.8. The molecule has 0 bridgehead atoms. The fourth-order valence-corrected chi connectivity index (χ4v) is 4.50. The van der Waals surface area contributed by atoms with Crippen LogP contribution in [0, 0.1) is 0 Å². The van der Waals surface area contributed by atoms with Crippen molar-refractivity contribution in [2.45, 2.75) is 13.5 Å². The van der Waals surface area contributed by atoms with Crippen LogP contribution in [0.25, 0.3) is 6.08 Å². The van der Waals surface area contributed by atoms with Crippen molar-refractivity contribution in [2.75, 3.05) is 11.5 Å². The highest BCUT2D eigenvalue weighted by Crippen LogP contribution is 2.38. The number of nitrogens with zero attached hydrogens (tertiary/aromatic N) is 1. The second kappa shape index (κ2) is 11.4. The second-order valence-electron chi connectivity index (χ2n) is 7.85. The van der Waals surface area contributed by atoms with E-state index in [0.717, 1.165) is 10.5 Å². The maximum atomic E-state index is 13.3. The molecule has 10 heteroatoms. The van der Waals surface area contributed by atoms with Crippen LogP contribution in [0.2, 0.25) is 0 Å². The molecule has 3 aromatic rings. The molecule has 1 fully saturated rings. The molecular weight excluding hydrogens is 560 g/mol. The van der Waals surface area contributed by atoms with Crippen LogP contribution < -0.4 is 19.7 Å². The molecule has 188 valence electrons. The molecule has 0 aliphatic carbocycles. The number of aromatic carboxylic acids is 1. The van der Waals surface area contributed by atoms with Crippen molar-refractivity contribution in [3.63, 3.8) is 0 Å². The second-order valence-corrected chi connectivity index (χ2v) is 9.09. The van der Waals surface area contributed by atoms with Gasteiger partial charge in [0.15, 0.2) is 16.6 Å². The normalized spacial score (nSPS) is 14.5. The number of benzene rings is 3. The zero-order chi connectivity index (χ0) is 26.5. The summed E-state index contributed by atoms with van der Waals surface area (Å²) in [4.78, 5) is 38.5. The summed E-state index contributed by atoms with van der Waals surface area (Å²) in [6.45, 7) is 2.53. The molecule has 0 atom stereocenters. The van der Waals surface area contributed by atoms with E-state index in [4.69, 9.17) is 21.7 Å². The largest absolute Gasteiger partial charge is 0.490 e. The zero-order valence-electron chi connectivity index (χ0n) is 19.6. The topological polar surface area (TPSA) is 105 Å². The highest BCUT2D eigenvalue weighted by molar-refractivity contribution is 9.10. The van der Waals surface area contributed by atoms with Gasteiger partial charge in [0.2, 0.25) is 0 Å². The van der Waals surface area contributed by atoms with Gasteiger partial charge in [-0.1, -0.05) is 36.4 Å². The Morgan fingerprint density at radius 2 is 1.84 bits per heavy atom. The van der Waals surface area contributed by atoms with Crippen LogP contribution in [0.5, 0.6) is 11.5 Å². The third-order valence-electron chi connectivity index (χ3n) is 5.32. The number of thiocarbonyl (C=S) groups is 1. The molecule has 3 aromatic carbocycles. The molecule has 0 spiro atoms. The number of halogens is 1. The lowest BCUT2D eigenvalue weighted by molar-refractivity contribution is -0.122. The molecule has 1 aliphatic heterocycles. The van der Waals surface area contributed by atoms with E-state index >= 15 is 0 Å². The Morgan fingerprint density at radius 1 is 1.08 bits per heavy atom. The van der Waals surface area contributed by atoms with Gasteiger partial charge in [0.25, 0.3) is 11.8 Å². The van der Waals surface area contributed by atoms with E-state index in [2.05, 4.69) is 21.2 Å². The van der Waals surface area contributed by atoms with Gasteiger partial charge in [-0.05, 0) is 82.6 Å². The summed E-state index contributed by atoms with van der Waals surface area (Å²) < 4.78 is 12.4. The minimum atomic E-state index is -1.15. The van der Waals surface area contributed by atoms with Gasteiger partial charge in [-0.15, -0.1) is 0 Å². The molecule has 1 saturated heterocycles. The van der Waals surface area contributed by atoms with E-state index in [1.807, 2.05) is 37.3 Å². The Balaban J connectivity index is 1.67. The zero-order valence-corrected chi connectivity index (χ0v) is 22.0. The molecule has 0 unspecified atom stereocenters. The first kappa shape index (κ1) is 26.1. The Hall–Kier alpha value is -4.02. The van der Waals surface area contributed by atoms with Crippen LogP contribution >= 0.6 is 28.1 Å². The Labute approximate surface area is 226 Å². The van der Waals surface area contributed by atoms with Crippen LogP contribution in [0.1, 0.15) is 28.4 Å². The van der Waals surface area contributed by atoms with Crippen molar-refractivity contribution < 1.29 is 29.0 Å². The number of ether oxygens (including phenoxy) is 2. The number of rotatable bonds is 8. The SMILES string of the molecule is CCOc1cc(C=C2C(=O)NC(=S)N(c3cccc(C(=O)O)c3)C2=O)cc(Br)c1OCc1ccccc1. The minimum Gasteiger partial charge on any atom is -0.490 e. The van der Waals surface area contributed by atoms with Gasteiger partial charge in [0, 0.05) is 0 Å². The van der Waals surface area contributed by atoms with Crippen LogP contribution in [0.4, 0.5) is 5.69 Å². The Bertz CT molecular complexity index is 1420.